The van der Waals surface area contributed by atoms with Crippen LogP contribution in [0.3, 0.4) is 0 Å². The summed E-state index contributed by atoms with van der Waals surface area (Å²) in [5.41, 5.74) is 2.43. The van der Waals surface area contributed by atoms with E-state index in [1.165, 1.54) is 11.1 Å². The Hall–Kier alpha value is -2.13. The standard InChI is InChI=1S/C20H22N2O/c23-20(22-14-17-11-18(22)13-21-17)12-19(15-7-3-1-4-8-15)16-9-5-2-6-10-16/h1-10,17-19,21H,11-14H2/t17-,18-/m1/s1. The summed E-state index contributed by atoms with van der Waals surface area (Å²) in [6.45, 7) is 1.83. The third-order valence-electron chi connectivity index (χ3n) is 5.16. The summed E-state index contributed by atoms with van der Waals surface area (Å²) < 4.78 is 0. The van der Waals surface area contributed by atoms with Gasteiger partial charge in [-0.05, 0) is 17.5 Å². The first-order valence-electron chi connectivity index (χ1n) is 8.44. The monoisotopic (exact) mass is 306 g/mol. The number of fused-ring (bicyclic) bond motifs is 2. The summed E-state index contributed by atoms with van der Waals surface area (Å²) in [4.78, 5) is 15.0. The fraction of sp³-hybridized carbons (Fsp3) is 0.350. The Morgan fingerprint density at radius 3 is 2.13 bits per heavy atom. The first-order chi connectivity index (χ1) is 11.3. The predicted octanol–water partition coefficient (Wildman–Crippen LogP) is 2.78. The van der Waals surface area contributed by atoms with Gasteiger partial charge < -0.3 is 10.2 Å². The largest absolute Gasteiger partial charge is 0.337 e. The van der Waals surface area contributed by atoms with Crippen LogP contribution >= 0.6 is 0 Å². The van der Waals surface area contributed by atoms with Crippen LogP contribution in [0, 0.1) is 0 Å². The van der Waals surface area contributed by atoms with Gasteiger partial charge in [-0.1, -0.05) is 60.7 Å². The number of hydrogen-bond donors (Lipinski definition) is 1. The van der Waals surface area contributed by atoms with E-state index >= 15 is 0 Å². The lowest BCUT2D eigenvalue weighted by Crippen LogP contribution is -2.46. The van der Waals surface area contributed by atoms with E-state index in [4.69, 9.17) is 0 Å². The average molecular weight is 306 g/mol. The molecule has 4 rings (SSSR count). The van der Waals surface area contributed by atoms with E-state index < -0.39 is 0 Å². The molecule has 2 fully saturated rings. The highest BCUT2D eigenvalue weighted by Crippen LogP contribution is 2.31. The number of piperazine rings is 1. The first kappa shape index (κ1) is 14.5. The van der Waals surface area contributed by atoms with Crippen LogP contribution in [0.15, 0.2) is 60.7 Å². The molecule has 0 aliphatic carbocycles. The molecule has 0 spiro atoms. The lowest BCUT2D eigenvalue weighted by Gasteiger charge is -2.29. The normalized spacial score (nSPS) is 22.7. The highest BCUT2D eigenvalue weighted by molar-refractivity contribution is 5.78. The Labute approximate surface area is 137 Å². The smallest absolute Gasteiger partial charge is 0.223 e. The molecule has 0 unspecified atom stereocenters. The predicted molar refractivity (Wildman–Crippen MR) is 91.3 cm³/mol. The maximum Gasteiger partial charge on any atom is 0.223 e. The minimum atomic E-state index is 0.136. The van der Waals surface area contributed by atoms with Crippen molar-refractivity contribution in [2.24, 2.45) is 0 Å². The maximum atomic E-state index is 12.9. The molecular formula is C20H22N2O. The van der Waals surface area contributed by atoms with E-state index in [9.17, 15) is 4.79 Å². The number of carbonyl (C=O) groups is 1. The Morgan fingerprint density at radius 2 is 1.65 bits per heavy atom. The van der Waals surface area contributed by atoms with E-state index in [0.29, 0.717) is 18.5 Å². The molecule has 2 heterocycles. The number of nitrogens with zero attached hydrogens (tertiary/aromatic N) is 1. The van der Waals surface area contributed by atoms with Crippen molar-refractivity contribution >= 4 is 5.91 Å². The Balaban J connectivity index is 1.57. The van der Waals surface area contributed by atoms with E-state index in [1.54, 1.807) is 0 Å². The van der Waals surface area contributed by atoms with Gasteiger partial charge in [0.05, 0.1) is 0 Å². The number of hydrogen-bond acceptors (Lipinski definition) is 2. The minimum absolute atomic E-state index is 0.136. The summed E-state index contributed by atoms with van der Waals surface area (Å²) in [6, 6.07) is 21.7. The molecule has 3 heteroatoms. The first-order valence-corrected chi connectivity index (χ1v) is 8.44. The van der Waals surface area contributed by atoms with Crippen LogP contribution in [0.25, 0.3) is 0 Å². The third-order valence-corrected chi connectivity index (χ3v) is 5.16. The number of carbonyl (C=O) groups excluding carboxylic acids is 1. The van der Waals surface area contributed by atoms with Gasteiger partial charge in [0.15, 0.2) is 0 Å². The molecule has 1 amide bonds. The number of likely N-dealkylation sites (tertiary alicyclic amines) is 1. The van der Waals surface area contributed by atoms with Gasteiger partial charge >= 0.3 is 0 Å². The van der Waals surface area contributed by atoms with Gasteiger partial charge in [0.25, 0.3) is 0 Å². The molecule has 2 aliphatic heterocycles. The molecule has 2 aliphatic rings. The fourth-order valence-electron chi connectivity index (χ4n) is 3.96. The van der Waals surface area contributed by atoms with Crippen molar-refractivity contribution in [2.45, 2.75) is 30.8 Å². The average Bonchev–Trinajstić information content (AvgIpc) is 3.24. The van der Waals surface area contributed by atoms with Gasteiger partial charge in [-0.2, -0.15) is 0 Å². The van der Waals surface area contributed by atoms with Crippen LogP contribution < -0.4 is 5.32 Å². The van der Waals surface area contributed by atoms with Crippen molar-refractivity contribution in [3.05, 3.63) is 71.8 Å². The van der Waals surface area contributed by atoms with Gasteiger partial charge in [-0.3, -0.25) is 4.79 Å². The molecule has 2 aromatic rings. The van der Waals surface area contributed by atoms with E-state index in [-0.39, 0.29) is 11.8 Å². The highest BCUT2D eigenvalue weighted by Gasteiger charge is 2.40. The Bertz CT molecular complexity index is 631. The highest BCUT2D eigenvalue weighted by atomic mass is 16.2. The second kappa shape index (κ2) is 6.17. The van der Waals surface area contributed by atoms with Crippen LogP contribution in [0.2, 0.25) is 0 Å². The fourth-order valence-corrected chi connectivity index (χ4v) is 3.96. The summed E-state index contributed by atoms with van der Waals surface area (Å²) in [6.07, 6.45) is 1.67. The number of amides is 1. The number of benzene rings is 2. The summed E-state index contributed by atoms with van der Waals surface area (Å²) in [7, 11) is 0. The van der Waals surface area contributed by atoms with Crippen molar-refractivity contribution in [3.63, 3.8) is 0 Å². The molecule has 2 bridgehead atoms. The summed E-state index contributed by atoms with van der Waals surface area (Å²) >= 11 is 0. The quantitative estimate of drug-likeness (QED) is 0.942. The van der Waals surface area contributed by atoms with Gasteiger partial charge in [-0.25, -0.2) is 0 Å². The second-order valence-corrected chi connectivity index (χ2v) is 6.62. The van der Waals surface area contributed by atoms with Crippen molar-refractivity contribution < 1.29 is 4.79 Å². The van der Waals surface area contributed by atoms with Gasteiger partial charge in [-0.15, -0.1) is 0 Å². The zero-order valence-electron chi connectivity index (χ0n) is 13.2. The van der Waals surface area contributed by atoms with Crippen LogP contribution in [0.4, 0.5) is 0 Å². The zero-order valence-corrected chi connectivity index (χ0v) is 13.2. The topological polar surface area (TPSA) is 32.3 Å². The van der Waals surface area contributed by atoms with E-state index in [2.05, 4.69) is 58.7 Å². The Kier molecular flexibility index (Phi) is 3.88. The molecule has 0 radical (unpaired) electrons. The van der Waals surface area contributed by atoms with E-state index in [1.807, 2.05) is 12.1 Å². The van der Waals surface area contributed by atoms with Gasteiger partial charge in [0.1, 0.15) is 0 Å². The minimum Gasteiger partial charge on any atom is -0.337 e. The third kappa shape index (κ3) is 2.89. The molecule has 1 N–H and O–H groups in total. The zero-order chi connectivity index (χ0) is 15.6. The molecule has 118 valence electrons. The van der Waals surface area contributed by atoms with Crippen LogP contribution in [-0.2, 0) is 4.79 Å². The SMILES string of the molecule is O=C(CC(c1ccccc1)c1ccccc1)N1C[C@H]2C[C@@H]1CN2. The van der Waals surface area contributed by atoms with Gasteiger partial charge in [0.2, 0.25) is 5.91 Å². The second-order valence-electron chi connectivity index (χ2n) is 6.62. The molecular weight excluding hydrogens is 284 g/mol. The lowest BCUT2D eigenvalue weighted by molar-refractivity contribution is -0.132. The molecule has 3 nitrogen and oxygen atoms in total. The summed E-state index contributed by atoms with van der Waals surface area (Å²) in [5.74, 6) is 0.425. The molecule has 23 heavy (non-hydrogen) atoms. The lowest BCUT2D eigenvalue weighted by atomic mass is 9.88. The molecule has 2 atom stereocenters. The van der Waals surface area contributed by atoms with Crippen molar-refractivity contribution in [2.75, 3.05) is 13.1 Å². The summed E-state index contributed by atoms with van der Waals surface area (Å²) in [5, 5.41) is 3.46. The molecule has 0 saturated carbocycles. The van der Waals surface area contributed by atoms with Crippen LogP contribution in [0.5, 0.6) is 0 Å². The molecule has 0 aromatic heterocycles. The van der Waals surface area contributed by atoms with Crippen molar-refractivity contribution in [1.29, 1.82) is 0 Å². The van der Waals surface area contributed by atoms with Crippen molar-refractivity contribution in [1.82, 2.24) is 10.2 Å². The number of rotatable bonds is 4. The Morgan fingerprint density at radius 1 is 1.04 bits per heavy atom. The van der Waals surface area contributed by atoms with Crippen LogP contribution in [-0.4, -0.2) is 36.0 Å². The molecule has 2 aromatic carbocycles. The van der Waals surface area contributed by atoms with Gasteiger partial charge in [0, 0.05) is 37.5 Å². The maximum absolute atomic E-state index is 12.9. The number of nitrogens with one attached hydrogen (secondary N) is 1. The van der Waals surface area contributed by atoms with Crippen LogP contribution in [0.1, 0.15) is 29.9 Å². The van der Waals surface area contributed by atoms with E-state index in [0.717, 1.165) is 19.5 Å². The molecule has 2 saturated heterocycles. The van der Waals surface area contributed by atoms with Crippen molar-refractivity contribution in [3.8, 4) is 0 Å².